The van der Waals surface area contributed by atoms with Gasteiger partial charge in [-0.1, -0.05) is 23.2 Å². The number of nitrogens with zero attached hydrogens (tertiary/aromatic N) is 4. The zero-order chi connectivity index (χ0) is 15.0. The first kappa shape index (κ1) is 13.9. The van der Waals surface area contributed by atoms with Crippen LogP contribution in [-0.4, -0.2) is 26.7 Å². The molecule has 108 valence electrons. The molecule has 0 aliphatic carbocycles. The average Bonchev–Trinajstić information content (AvgIpc) is 2.93. The van der Waals surface area contributed by atoms with Crippen molar-refractivity contribution in [3.05, 3.63) is 40.3 Å². The van der Waals surface area contributed by atoms with E-state index in [0.29, 0.717) is 33.2 Å². The molecule has 1 aromatic carbocycles. The molecule has 3 aromatic rings. The van der Waals surface area contributed by atoms with Gasteiger partial charge in [-0.3, -0.25) is 0 Å². The van der Waals surface area contributed by atoms with E-state index < -0.39 is 0 Å². The van der Waals surface area contributed by atoms with Crippen LogP contribution in [-0.2, 0) is 0 Å². The van der Waals surface area contributed by atoms with E-state index in [1.165, 1.54) is 6.33 Å². The summed E-state index contributed by atoms with van der Waals surface area (Å²) in [4.78, 5) is 8.19. The normalized spacial score (nSPS) is 10.9. The first-order valence-corrected chi connectivity index (χ1v) is 6.82. The SMILES string of the molecule is COc1ccc(Cl)c(Nc2c(C)c(Cl)nc3ncnn23)c1. The van der Waals surface area contributed by atoms with Gasteiger partial charge in [-0.25, -0.2) is 0 Å². The fourth-order valence-electron chi connectivity index (χ4n) is 1.90. The number of ether oxygens (including phenoxy) is 1. The number of hydrogen-bond acceptors (Lipinski definition) is 5. The summed E-state index contributed by atoms with van der Waals surface area (Å²) in [6.45, 7) is 1.84. The Morgan fingerprint density at radius 1 is 1.29 bits per heavy atom. The number of rotatable bonds is 3. The minimum Gasteiger partial charge on any atom is -0.497 e. The third kappa shape index (κ3) is 2.48. The van der Waals surface area contributed by atoms with Crippen LogP contribution in [0.1, 0.15) is 5.56 Å². The van der Waals surface area contributed by atoms with Gasteiger partial charge in [0.1, 0.15) is 23.0 Å². The second-order valence-electron chi connectivity index (χ2n) is 4.32. The molecule has 6 nitrogen and oxygen atoms in total. The number of halogens is 2. The second kappa shape index (κ2) is 5.38. The van der Waals surface area contributed by atoms with Gasteiger partial charge in [0, 0.05) is 11.6 Å². The summed E-state index contributed by atoms with van der Waals surface area (Å²) in [5.74, 6) is 1.75. The van der Waals surface area contributed by atoms with Crippen molar-refractivity contribution in [2.75, 3.05) is 12.4 Å². The summed E-state index contributed by atoms with van der Waals surface area (Å²) < 4.78 is 6.77. The highest BCUT2D eigenvalue weighted by atomic mass is 35.5. The molecule has 0 amide bonds. The summed E-state index contributed by atoms with van der Waals surface area (Å²) in [5.41, 5.74) is 1.42. The van der Waals surface area contributed by atoms with Gasteiger partial charge < -0.3 is 10.1 Å². The Morgan fingerprint density at radius 2 is 2.10 bits per heavy atom. The second-order valence-corrected chi connectivity index (χ2v) is 5.08. The molecule has 0 radical (unpaired) electrons. The predicted octanol–water partition coefficient (Wildman–Crippen LogP) is 3.49. The molecule has 0 aliphatic rings. The van der Waals surface area contributed by atoms with Crippen LogP contribution in [0.3, 0.4) is 0 Å². The van der Waals surface area contributed by atoms with Crippen LogP contribution in [0.5, 0.6) is 5.75 Å². The van der Waals surface area contributed by atoms with Crippen LogP contribution in [0.4, 0.5) is 11.5 Å². The topological polar surface area (TPSA) is 64.3 Å². The average molecular weight is 324 g/mol. The van der Waals surface area contributed by atoms with Crippen LogP contribution in [0, 0.1) is 6.92 Å². The quantitative estimate of drug-likeness (QED) is 0.747. The number of aromatic nitrogens is 4. The molecule has 0 saturated heterocycles. The van der Waals surface area contributed by atoms with Crippen molar-refractivity contribution in [3.63, 3.8) is 0 Å². The van der Waals surface area contributed by atoms with E-state index in [0.717, 1.165) is 5.56 Å². The third-order valence-electron chi connectivity index (χ3n) is 3.03. The Kier molecular flexibility index (Phi) is 3.57. The van der Waals surface area contributed by atoms with Crippen LogP contribution in [0.2, 0.25) is 10.2 Å². The maximum atomic E-state index is 6.21. The summed E-state index contributed by atoms with van der Waals surface area (Å²) in [7, 11) is 1.59. The van der Waals surface area contributed by atoms with Gasteiger partial charge in [0.15, 0.2) is 0 Å². The minimum absolute atomic E-state index is 0.358. The van der Waals surface area contributed by atoms with Crippen molar-refractivity contribution < 1.29 is 4.74 Å². The van der Waals surface area contributed by atoms with Gasteiger partial charge in [0.25, 0.3) is 5.78 Å². The van der Waals surface area contributed by atoms with Gasteiger partial charge in [-0.2, -0.15) is 19.6 Å². The molecule has 0 bridgehead atoms. The summed E-state index contributed by atoms with van der Waals surface area (Å²) >= 11 is 12.3. The highest BCUT2D eigenvalue weighted by Gasteiger charge is 2.14. The van der Waals surface area contributed by atoms with Crippen molar-refractivity contribution in [1.82, 2.24) is 19.6 Å². The molecule has 0 saturated carbocycles. The van der Waals surface area contributed by atoms with Gasteiger partial charge in [-0.05, 0) is 19.1 Å². The lowest BCUT2D eigenvalue weighted by Crippen LogP contribution is -2.05. The molecular formula is C13H11Cl2N5O. The van der Waals surface area contributed by atoms with E-state index >= 15 is 0 Å². The lowest BCUT2D eigenvalue weighted by Gasteiger charge is -2.13. The smallest absolute Gasteiger partial charge is 0.255 e. The zero-order valence-corrected chi connectivity index (χ0v) is 12.8. The van der Waals surface area contributed by atoms with Crippen LogP contribution in [0.25, 0.3) is 5.78 Å². The largest absolute Gasteiger partial charge is 0.497 e. The monoisotopic (exact) mass is 323 g/mol. The molecule has 0 spiro atoms. The lowest BCUT2D eigenvalue weighted by molar-refractivity contribution is 0.415. The first-order valence-electron chi connectivity index (χ1n) is 6.06. The molecule has 8 heteroatoms. The van der Waals surface area contributed by atoms with Gasteiger partial charge >= 0.3 is 0 Å². The maximum absolute atomic E-state index is 6.21. The molecule has 3 rings (SSSR count). The highest BCUT2D eigenvalue weighted by Crippen LogP contribution is 2.31. The zero-order valence-electron chi connectivity index (χ0n) is 11.3. The molecule has 0 aliphatic heterocycles. The Labute approximate surface area is 130 Å². The van der Waals surface area contributed by atoms with E-state index in [9.17, 15) is 0 Å². The van der Waals surface area contributed by atoms with Crippen LogP contribution < -0.4 is 10.1 Å². The fourth-order valence-corrected chi connectivity index (χ4v) is 2.23. The van der Waals surface area contributed by atoms with E-state index in [1.807, 2.05) is 6.92 Å². The van der Waals surface area contributed by atoms with Gasteiger partial charge in [0.2, 0.25) is 0 Å². The van der Waals surface area contributed by atoms with E-state index in [4.69, 9.17) is 27.9 Å². The Bertz CT molecular complexity index is 818. The van der Waals surface area contributed by atoms with E-state index in [-0.39, 0.29) is 0 Å². The predicted molar refractivity (Wildman–Crippen MR) is 81.8 cm³/mol. The Morgan fingerprint density at radius 3 is 2.86 bits per heavy atom. The lowest BCUT2D eigenvalue weighted by atomic mass is 10.2. The van der Waals surface area contributed by atoms with Crippen LogP contribution >= 0.6 is 23.2 Å². The van der Waals surface area contributed by atoms with E-state index in [2.05, 4.69) is 20.4 Å². The highest BCUT2D eigenvalue weighted by molar-refractivity contribution is 6.33. The van der Waals surface area contributed by atoms with Crippen molar-refractivity contribution in [2.45, 2.75) is 6.92 Å². The summed E-state index contributed by atoms with van der Waals surface area (Å²) in [6, 6.07) is 5.32. The van der Waals surface area contributed by atoms with Crippen molar-refractivity contribution in [3.8, 4) is 5.75 Å². The first-order chi connectivity index (χ1) is 10.1. The number of nitrogens with one attached hydrogen (secondary N) is 1. The molecule has 21 heavy (non-hydrogen) atoms. The van der Waals surface area contributed by atoms with Crippen LogP contribution in [0.15, 0.2) is 24.5 Å². The Balaban J connectivity index is 2.13. The molecule has 1 N–H and O–H groups in total. The molecule has 2 aromatic heterocycles. The fraction of sp³-hybridized carbons (Fsp3) is 0.154. The molecule has 0 atom stereocenters. The van der Waals surface area contributed by atoms with Crippen molar-refractivity contribution in [2.24, 2.45) is 0 Å². The minimum atomic E-state index is 0.358. The standard InChI is InChI=1S/C13H11Cl2N5O/c1-7-11(15)19-13-16-6-17-20(13)12(7)18-10-5-8(21-2)3-4-9(10)14/h3-6,18H,1-2H3. The van der Waals surface area contributed by atoms with E-state index in [1.54, 1.807) is 29.8 Å². The summed E-state index contributed by atoms with van der Waals surface area (Å²) in [6.07, 6.45) is 1.41. The van der Waals surface area contributed by atoms with Crippen molar-refractivity contribution >= 4 is 40.5 Å². The van der Waals surface area contributed by atoms with Gasteiger partial charge in [0.05, 0.1) is 17.8 Å². The maximum Gasteiger partial charge on any atom is 0.255 e. The Hall–Kier alpha value is -2.05. The molecular weight excluding hydrogens is 313 g/mol. The summed E-state index contributed by atoms with van der Waals surface area (Å²) in [5, 5.41) is 8.26. The molecule has 0 fully saturated rings. The number of methoxy groups -OCH3 is 1. The molecule has 0 unspecified atom stereocenters. The number of anilines is 2. The number of fused-ring (bicyclic) bond motifs is 1. The molecule has 2 heterocycles. The number of hydrogen-bond donors (Lipinski definition) is 1. The van der Waals surface area contributed by atoms with Gasteiger partial charge in [-0.15, -0.1) is 0 Å². The third-order valence-corrected chi connectivity index (χ3v) is 3.73. The van der Waals surface area contributed by atoms with Crippen molar-refractivity contribution in [1.29, 1.82) is 0 Å². The number of benzene rings is 1.